The van der Waals surface area contributed by atoms with Gasteiger partial charge < -0.3 is 29.9 Å². The molecule has 2 unspecified atom stereocenters. The van der Waals surface area contributed by atoms with E-state index >= 15 is 0 Å². The Morgan fingerprint density at radius 2 is 1.00 bits per heavy atom. The summed E-state index contributed by atoms with van der Waals surface area (Å²) < 4.78 is 7.67. The van der Waals surface area contributed by atoms with Crippen LogP contribution in [-0.4, -0.2) is 55.9 Å². The highest BCUT2D eigenvalue weighted by Crippen LogP contribution is 2.27. The van der Waals surface area contributed by atoms with Crippen molar-refractivity contribution in [1.29, 1.82) is 0 Å². The monoisotopic (exact) mass is 266 g/mol. The van der Waals surface area contributed by atoms with E-state index in [1.807, 2.05) is 0 Å². The van der Waals surface area contributed by atoms with Gasteiger partial charge in [0.15, 0.2) is 0 Å². The molecule has 0 fully saturated rings. The molecule has 0 rings (SSSR count). The number of carboxylic acids is 2. The van der Waals surface area contributed by atoms with E-state index in [0.717, 1.165) is 0 Å². The molecular weight excluding hydrogens is 256 g/mol. The topological polar surface area (TPSA) is 168 Å². The summed E-state index contributed by atoms with van der Waals surface area (Å²) in [6.45, 7) is 1.29. The lowest BCUT2D eigenvalue weighted by Gasteiger charge is -2.33. The molecule has 0 aliphatic carbocycles. The van der Waals surface area contributed by atoms with E-state index in [-0.39, 0.29) is 0 Å². The second-order valence-corrected chi connectivity index (χ2v) is 3.09. The molecule has 0 saturated heterocycles. The van der Waals surface area contributed by atoms with Gasteiger partial charge in [0.25, 0.3) is 0 Å². The van der Waals surface area contributed by atoms with Crippen molar-refractivity contribution < 1.29 is 49.1 Å². The van der Waals surface area contributed by atoms with Crippen LogP contribution in [0.2, 0.25) is 0 Å². The molecule has 0 heterocycles. The van der Waals surface area contributed by atoms with Crippen molar-refractivity contribution in [1.82, 2.24) is 0 Å². The van der Waals surface area contributed by atoms with Gasteiger partial charge in [-0.25, -0.2) is 9.59 Å². The van der Waals surface area contributed by atoms with Crippen LogP contribution in [0.5, 0.6) is 0 Å². The lowest BCUT2D eigenvalue weighted by atomic mass is 10.1. The van der Waals surface area contributed by atoms with Gasteiger partial charge in [0.05, 0.1) is 0 Å². The second-order valence-electron chi connectivity index (χ2n) is 3.09. The molecule has 10 heteroatoms. The van der Waals surface area contributed by atoms with Crippen LogP contribution in [0, 0.1) is 0 Å². The fourth-order valence-corrected chi connectivity index (χ4v) is 0.932. The Morgan fingerprint density at radius 3 is 1.11 bits per heavy atom. The smallest absolute Gasteiger partial charge is 0.389 e. The van der Waals surface area contributed by atoms with Gasteiger partial charge >= 0.3 is 35.5 Å². The van der Waals surface area contributed by atoms with E-state index in [1.165, 1.54) is 0 Å². The summed E-state index contributed by atoms with van der Waals surface area (Å²) in [5.41, 5.74) is 0. The molecule has 4 N–H and O–H groups in total. The van der Waals surface area contributed by atoms with Gasteiger partial charge in [0, 0.05) is 13.8 Å². The highest BCUT2D eigenvalue weighted by Gasteiger charge is 2.68. The number of carbonyl (C=O) groups excluding carboxylic acids is 2. The zero-order valence-corrected chi connectivity index (χ0v) is 9.24. The Hall–Kier alpha value is -2.20. The molecule has 10 nitrogen and oxygen atoms in total. The largest absolute Gasteiger partial charge is 0.476 e. The van der Waals surface area contributed by atoms with Crippen LogP contribution in [0.4, 0.5) is 0 Å². The Morgan fingerprint density at radius 1 is 0.778 bits per heavy atom. The average Bonchev–Trinajstić information content (AvgIpc) is 2.14. The first kappa shape index (κ1) is 15.8. The van der Waals surface area contributed by atoms with E-state index in [2.05, 4.69) is 9.47 Å². The second kappa shape index (κ2) is 4.98. The van der Waals surface area contributed by atoms with Crippen LogP contribution < -0.4 is 0 Å². The summed E-state index contributed by atoms with van der Waals surface area (Å²) in [4.78, 5) is 42.8. The van der Waals surface area contributed by atoms with Crippen LogP contribution in [0.1, 0.15) is 13.8 Å². The fraction of sp³-hybridized carbons (Fsp3) is 0.500. The zero-order valence-electron chi connectivity index (χ0n) is 9.24. The summed E-state index contributed by atoms with van der Waals surface area (Å²) in [5, 5.41) is 36.2. The first-order chi connectivity index (χ1) is 7.97. The van der Waals surface area contributed by atoms with E-state index < -0.39 is 35.5 Å². The van der Waals surface area contributed by atoms with Crippen molar-refractivity contribution in [3.63, 3.8) is 0 Å². The molecule has 0 aliphatic heterocycles. The van der Waals surface area contributed by atoms with Crippen molar-refractivity contribution in [3.8, 4) is 0 Å². The van der Waals surface area contributed by atoms with E-state index in [4.69, 9.17) is 10.2 Å². The molecule has 0 aliphatic rings. The molecule has 0 aromatic heterocycles. The molecule has 0 aromatic carbocycles. The molecule has 0 spiro atoms. The first-order valence-electron chi connectivity index (χ1n) is 4.28. The molecule has 0 aromatic rings. The lowest BCUT2D eigenvalue weighted by Crippen LogP contribution is -2.67. The fourth-order valence-electron chi connectivity index (χ4n) is 0.932. The third-order valence-corrected chi connectivity index (χ3v) is 1.62. The minimum Gasteiger partial charge on any atom is -0.476 e. The number of esters is 2. The average molecular weight is 266 g/mol. The Kier molecular flexibility index (Phi) is 4.37. The van der Waals surface area contributed by atoms with Crippen LogP contribution in [-0.2, 0) is 28.7 Å². The van der Waals surface area contributed by atoms with Crippen molar-refractivity contribution in [2.45, 2.75) is 25.4 Å². The van der Waals surface area contributed by atoms with Gasteiger partial charge in [0.2, 0.25) is 0 Å². The van der Waals surface area contributed by atoms with Gasteiger partial charge in [-0.05, 0) is 0 Å². The van der Waals surface area contributed by atoms with Crippen molar-refractivity contribution in [2.24, 2.45) is 0 Å². The standard InChI is InChI=1S/C8H10O10/c1-3(9)17-7(15,5(11)12)8(16,6(13)14)18-4(2)10/h15-16H,1-2H3,(H,11,12)(H,13,14). The highest BCUT2D eigenvalue weighted by molar-refractivity contribution is 5.91. The Balaban J connectivity index is 5.78. The molecule has 0 bridgehead atoms. The normalized spacial score (nSPS) is 16.9. The summed E-state index contributed by atoms with van der Waals surface area (Å²) in [6, 6.07) is 0. The predicted molar refractivity (Wildman–Crippen MR) is 48.7 cm³/mol. The maximum absolute atomic E-state index is 10.7. The zero-order chi connectivity index (χ0) is 14.7. The van der Waals surface area contributed by atoms with Gasteiger partial charge in [-0.1, -0.05) is 0 Å². The minimum absolute atomic E-state index is 0.643. The Labute approximate surface area is 99.3 Å². The number of aliphatic hydroxyl groups is 2. The first-order valence-corrected chi connectivity index (χ1v) is 4.28. The molecule has 0 saturated carbocycles. The maximum atomic E-state index is 10.7. The molecule has 102 valence electrons. The molecule has 2 atom stereocenters. The number of hydrogen-bond donors (Lipinski definition) is 4. The van der Waals surface area contributed by atoms with Crippen molar-refractivity contribution in [2.75, 3.05) is 0 Å². The third-order valence-electron chi connectivity index (χ3n) is 1.62. The lowest BCUT2D eigenvalue weighted by molar-refractivity contribution is -0.338. The van der Waals surface area contributed by atoms with Gasteiger partial charge in [-0.2, -0.15) is 0 Å². The minimum atomic E-state index is -3.99. The quantitative estimate of drug-likeness (QED) is 0.312. The van der Waals surface area contributed by atoms with Crippen molar-refractivity contribution >= 4 is 23.9 Å². The molecule has 0 radical (unpaired) electrons. The summed E-state index contributed by atoms with van der Waals surface area (Å²) in [6.07, 6.45) is 0. The number of ether oxygens (including phenoxy) is 2. The third kappa shape index (κ3) is 2.73. The van der Waals surface area contributed by atoms with E-state index in [9.17, 15) is 29.4 Å². The highest BCUT2D eigenvalue weighted by atomic mass is 16.8. The number of hydrogen-bond acceptors (Lipinski definition) is 8. The van der Waals surface area contributed by atoms with Crippen LogP contribution in [0.3, 0.4) is 0 Å². The summed E-state index contributed by atoms with van der Waals surface area (Å²) in [7, 11) is 0. The number of carbonyl (C=O) groups is 4. The predicted octanol–water partition coefficient (Wildman–Crippen LogP) is -2.34. The van der Waals surface area contributed by atoms with Gasteiger partial charge in [0.1, 0.15) is 0 Å². The molecule has 18 heavy (non-hydrogen) atoms. The van der Waals surface area contributed by atoms with Crippen molar-refractivity contribution in [3.05, 3.63) is 0 Å². The summed E-state index contributed by atoms with van der Waals surface area (Å²) in [5.74, 6) is -15.7. The van der Waals surface area contributed by atoms with Gasteiger partial charge in [-0.15, -0.1) is 0 Å². The number of carboxylic acid groups (broad SMARTS) is 2. The van der Waals surface area contributed by atoms with Crippen LogP contribution in [0.15, 0.2) is 0 Å². The van der Waals surface area contributed by atoms with E-state index in [0.29, 0.717) is 13.8 Å². The van der Waals surface area contributed by atoms with Crippen LogP contribution >= 0.6 is 0 Å². The van der Waals surface area contributed by atoms with Gasteiger partial charge in [-0.3, -0.25) is 9.59 Å². The van der Waals surface area contributed by atoms with E-state index in [1.54, 1.807) is 0 Å². The Bertz CT molecular complexity index is 363. The number of rotatable bonds is 5. The maximum Gasteiger partial charge on any atom is 0.389 e. The molecular formula is C8H10O10. The molecule has 0 amide bonds. The SMILES string of the molecule is CC(=O)OC(O)(C(=O)O)C(O)(OC(C)=O)C(=O)O. The van der Waals surface area contributed by atoms with Crippen LogP contribution in [0.25, 0.3) is 0 Å². The summed E-state index contributed by atoms with van der Waals surface area (Å²) >= 11 is 0. The number of aliphatic carboxylic acids is 2.